The van der Waals surface area contributed by atoms with Crippen LogP contribution in [0.25, 0.3) is 16.3 Å². The fraction of sp³-hybridized carbons (Fsp3) is 0. The Morgan fingerprint density at radius 2 is 1.93 bits per heavy atom. The lowest BCUT2D eigenvalue weighted by atomic mass is 10.2. The van der Waals surface area contributed by atoms with Gasteiger partial charge in [-0.3, -0.25) is 4.40 Å². The highest BCUT2D eigenvalue weighted by Gasteiger charge is 2.06. The zero-order chi connectivity index (χ0) is 9.38. The van der Waals surface area contributed by atoms with Crippen molar-refractivity contribution in [2.45, 2.75) is 0 Å². The van der Waals surface area contributed by atoms with Crippen LogP contribution in [0.15, 0.2) is 41.9 Å². The maximum absolute atomic E-state index is 4.15. The minimum atomic E-state index is 0.904. The third-order valence-electron chi connectivity index (χ3n) is 2.08. The van der Waals surface area contributed by atoms with Gasteiger partial charge in [0.05, 0.1) is 0 Å². The van der Waals surface area contributed by atoms with Crippen LogP contribution in [0, 0.1) is 0 Å². The van der Waals surface area contributed by atoms with Gasteiger partial charge < -0.3 is 0 Å². The lowest BCUT2D eigenvalue weighted by Gasteiger charge is -1.95. The van der Waals surface area contributed by atoms with Crippen molar-refractivity contribution in [3.05, 3.63) is 41.9 Å². The van der Waals surface area contributed by atoms with E-state index in [0.29, 0.717) is 0 Å². The molecule has 3 nitrogen and oxygen atoms in total. The van der Waals surface area contributed by atoms with Crippen LogP contribution in [-0.4, -0.2) is 14.6 Å². The first-order valence-electron chi connectivity index (χ1n) is 4.29. The van der Waals surface area contributed by atoms with Gasteiger partial charge in [0.2, 0.25) is 4.96 Å². The van der Waals surface area contributed by atoms with Crippen LogP contribution in [0.2, 0.25) is 0 Å². The minimum Gasteiger partial charge on any atom is -0.273 e. The van der Waals surface area contributed by atoms with Gasteiger partial charge in [0.15, 0.2) is 5.82 Å². The van der Waals surface area contributed by atoms with Gasteiger partial charge in [-0.05, 0) is 0 Å². The van der Waals surface area contributed by atoms with Crippen LogP contribution in [0.3, 0.4) is 0 Å². The zero-order valence-corrected chi connectivity index (χ0v) is 8.11. The first kappa shape index (κ1) is 7.70. The average Bonchev–Trinajstić information content (AvgIpc) is 2.79. The average molecular weight is 201 g/mol. The molecular formula is C10H7N3S. The van der Waals surface area contributed by atoms with E-state index in [-0.39, 0.29) is 0 Å². The van der Waals surface area contributed by atoms with Crippen LogP contribution in [0.5, 0.6) is 0 Å². The number of fused-ring (bicyclic) bond motifs is 1. The van der Waals surface area contributed by atoms with E-state index in [0.717, 1.165) is 16.3 Å². The molecule has 0 aliphatic carbocycles. The molecule has 2 aromatic heterocycles. The largest absolute Gasteiger partial charge is 0.273 e. The van der Waals surface area contributed by atoms with E-state index in [9.17, 15) is 0 Å². The van der Waals surface area contributed by atoms with Gasteiger partial charge in [-0.2, -0.15) is 0 Å². The molecule has 14 heavy (non-hydrogen) atoms. The molecule has 3 rings (SSSR count). The second-order valence-electron chi connectivity index (χ2n) is 2.95. The quantitative estimate of drug-likeness (QED) is 0.605. The molecule has 0 N–H and O–H groups in total. The molecule has 0 radical (unpaired) electrons. The van der Waals surface area contributed by atoms with E-state index in [1.807, 2.05) is 46.3 Å². The van der Waals surface area contributed by atoms with Gasteiger partial charge in [0.25, 0.3) is 0 Å². The highest BCUT2D eigenvalue weighted by atomic mass is 32.1. The number of nitrogens with zero attached hydrogens (tertiary/aromatic N) is 3. The monoisotopic (exact) mass is 201 g/mol. The van der Waals surface area contributed by atoms with Crippen molar-refractivity contribution in [1.29, 1.82) is 0 Å². The number of aromatic nitrogens is 3. The Hall–Kier alpha value is -1.68. The standard InChI is InChI=1S/C10H7N3S/c1-2-4-8(5-3-1)9-11-12-10-13(9)6-7-14-10/h1-7H. The van der Waals surface area contributed by atoms with Crippen LogP contribution in [-0.2, 0) is 0 Å². The maximum atomic E-state index is 4.15. The summed E-state index contributed by atoms with van der Waals surface area (Å²) >= 11 is 1.59. The van der Waals surface area contributed by atoms with Crippen LogP contribution >= 0.6 is 11.3 Å². The van der Waals surface area contributed by atoms with Gasteiger partial charge >= 0.3 is 0 Å². The molecule has 3 aromatic rings. The molecule has 0 aliphatic rings. The summed E-state index contributed by atoms with van der Waals surface area (Å²) < 4.78 is 2.00. The van der Waals surface area contributed by atoms with E-state index >= 15 is 0 Å². The lowest BCUT2D eigenvalue weighted by Crippen LogP contribution is -1.84. The second kappa shape index (κ2) is 2.92. The first-order chi connectivity index (χ1) is 6.95. The summed E-state index contributed by atoms with van der Waals surface area (Å²) in [6.07, 6.45) is 1.99. The van der Waals surface area contributed by atoms with Crippen molar-refractivity contribution in [3.8, 4) is 11.4 Å². The Balaban J connectivity index is 2.28. The summed E-state index contributed by atoms with van der Waals surface area (Å²) in [5.41, 5.74) is 1.10. The van der Waals surface area contributed by atoms with Crippen LogP contribution in [0.4, 0.5) is 0 Å². The normalized spacial score (nSPS) is 10.9. The molecule has 0 unspecified atom stereocenters. The summed E-state index contributed by atoms with van der Waals surface area (Å²) in [7, 11) is 0. The number of benzene rings is 1. The SMILES string of the molecule is c1ccc(-c2nnc3sccn23)cc1. The molecule has 0 aliphatic heterocycles. The summed E-state index contributed by atoms with van der Waals surface area (Å²) in [4.78, 5) is 0.934. The van der Waals surface area contributed by atoms with E-state index < -0.39 is 0 Å². The molecule has 0 atom stereocenters. The summed E-state index contributed by atoms with van der Waals surface area (Å²) in [6, 6.07) is 10.1. The highest BCUT2D eigenvalue weighted by Crippen LogP contribution is 2.19. The van der Waals surface area contributed by atoms with E-state index in [4.69, 9.17) is 0 Å². The molecule has 68 valence electrons. The smallest absolute Gasteiger partial charge is 0.216 e. The van der Waals surface area contributed by atoms with Crippen LogP contribution in [0.1, 0.15) is 0 Å². The van der Waals surface area contributed by atoms with Gasteiger partial charge in [-0.1, -0.05) is 30.3 Å². The molecule has 0 bridgehead atoms. The Kier molecular flexibility index (Phi) is 1.61. The summed E-state index contributed by atoms with van der Waals surface area (Å²) in [6.45, 7) is 0. The molecule has 1 aromatic carbocycles. The third-order valence-corrected chi connectivity index (χ3v) is 2.83. The van der Waals surface area contributed by atoms with Crippen molar-refractivity contribution < 1.29 is 0 Å². The van der Waals surface area contributed by atoms with Crippen molar-refractivity contribution in [3.63, 3.8) is 0 Å². The zero-order valence-electron chi connectivity index (χ0n) is 7.29. The highest BCUT2D eigenvalue weighted by molar-refractivity contribution is 7.15. The third kappa shape index (κ3) is 1.04. The van der Waals surface area contributed by atoms with Crippen LogP contribution < -0.4 is 0 Å². The Bertz CT molecular complexity index is 553. The number of hydrogen-bond donors (Lipinski definition) is 0. The first-order valence-corrected chi connectivity index (χ1v) is 5.17. The molecule has 0 saturated heterocycles. The Labute approximate surface area is 84.7 Å². The summed E-state index contributed by atoms with van der Waals surface area (Å²) in [5, 5.41) is 10.2. The van der Waals surface area contributed by atoms with Gasteiger partial charge in [-0.15, -0.1) is 21.5 Å². The fourth-order valence-electron chi connectivity index (χ4n) is 1.43. The number of hydrogen-bond acceptors (Lipinski definition) is 3. The lowest BCUT2D eigenvalue weighted by molar-refractivity contribution is 1.11. The maximum Gasteiger partial charge on any atom is 0.216 e. The fourth-order valence-corrected chi connectivity index (χ4v) is 2.08. The van der Waals surface area contributed by atoms with Crippen molar-refractivity contribution in [2.24, 2.45) is 0 Å². The predicted molar refractivity (Wildman–Crippen MR) is 56.3 cm³/mol. The van der Waals surface area contributed by atoms with Crippen molar-refractivity contribution >= 4 is 16.3 Å². The minimum absolute atomic E-state index is 0.904. The predicted octanol–water partition coefficient (Wildman–Crippen LogP) is 2.46. The molecule has 2 heterocycles. The number of thiazole rings is 1. The van der Waals surface area contributed by atoms with Gasteiger partial charge in [-0.25, -0.2) is 0 Å². The summed E-state index contributed by atoms with van der Waals surface area (Å²) in [5.74, 6) is 0.904. The molecular weight excluding hydrogens is 194 g/mol. The van der Waals surface area contributed by atoms with Gasteiger partial charge in [0.1, 0.15) is 0 Å². The molecule has 0 fully saturated rings. The number of rotatable bonds is 1. The molecule has 4 heteroatoms. The van der Waals surface area contributed by atoms with Crippen molar-refractivity contribution in [2.75, 3.05) is 0 Å². The Morgan fingerprint density at radius 1 is 1.07 bits per heavy atom. The molecule has 0 saturated carbocycles. The van der Waals surface area contributed by atoms with E-state index in [2.05, 4.69) is 10.2 Å². The molecule has 0 amide bonds. The molecule has 0 spiro atoms. The van der Waals surface area contributed by atoms with Gasteiger partial charge in [0, 0.05) is 17.1 Å². The Morgan fingerprint density at radius 3 is 2.79 bits per heavy atom. The topological polar surface area (TPSA) is 30.2 Å². The van der Waals surface area contributed by atoms with Crippen molar-refractivity contribution in [1.82, 2.24) is 14.6 Å². The van der Waals surface area contributed by atoms with E-state index in [1.165, 1.54) is 0 Å². The van der Waals surface area contributed by atoms with E-state index in [1.54, 1.807) is 11.3 Å². The second-order valence-corrected chi connectivity index (χ2v) is 3.82.